The number of ether oxygens (including phenoxy) is 2. The lowest BCUT2D eigenvalue weighted by Gasteiger charge is -2.10. The standard InChI is InChI=1S/C21H24ClNO4/c1-3-4-5-13-26-20(24)14-27-17-11-9-16(10-12-17)21(25)23-19-8-6-7-18(22)15(19)2/h6-12H,3-5,13-14H2,1-2H3,(H,23,25). The Morgan fingerprint density at radius 3 is 2.52 bits per heavy atom. The Kier molecular flexibility index (Phi) is 8.14. The molecule has 0 unspecified atom stereocenters. The molecule has 0 bridgehead atoms. The van der Waals surface area contributed by atoms with Crippen molar-refractivity contribution in [2.45, 2.75) is 33.1 Å². The number of unbranched alkanes of at least 4 members (excludes halogenated alkanes) is 2. The first-order valence-corrected chi connectivity index (χ1v) is 9.34. The number of anilines is 1. The van der Waals surface area contributed by atoms with Crippen molar-refractivity contribution in [3.63, 3.8) is 0 Å². The number of benzene rings is 2. The number of rotatable bonds is 9. The average molecular weight is 390 g/mol. The minimum absolute atomic E-state index is 0.153. The van der Waals surface area contributed by atoms with E-state index in [0.717, 1.165) is 24.8 Å². The second-order valence-corrected chi connectivity index (χ2v) is 6.51. The van der Waals surface area contributed by atoms with Crippen LogP contribution in [0.1, 0.15) is 42.1 Å². The predicted octanol–water partition coefficient (Wildman–Crippen LogP) is 5.01. The fourth-order valence-corrected chi connectivity index (χ4v) is 2.54. The minimum atomic E-state index is -0.399. The highest BCUT2D eigenvalue weighted by atomic mass is 35.5. The van der Waals surface area contributed by atoms with Crippen LogP contribution in [-0.2, 0) is 9.53 Å². The van der Waals surface area contributed by atoms with Crippen molar-refractivity contribution < 1.29 is 19.1 Å². The van der Waals surface area contributed by atoms with E-state index < -0.39 is 5.97 Å². The van der Waals surface area contributed by atoms with Crippen LogP contribution in [0, 0.1) is 6.92 Å². The van der Waals surface area contributed by atoms with Gasteiger partial charge in [0.1, 0.15) is 5.75 Å². The predicted molar refractivity (Wildman–Crippen MR) is 107 cm³/mol. The molecule has 2 rings (SSSR count). The Hall–Kier alpha value is -2.53. The largest absolute Gasteiger partial charge is 0.482 e. The highest BCUT2D eigenvalue weighted by Gasteiger charge is 2.10. The van der Waals surface area contributed by atoms with Crippen LogP contribution in [0.4, 0.5) is 5.69 Å². The molecule has 2 aromatic carbocycles. The van der Waals surface area contributed by atoms with E-state index in [1.54, 1.807) is 42.5 Å². The number of halogens is 1. The molecule has 0 aliphatic heterocycles. The van der Waals surface area contributed by atoms with E-state index in [1.807, 2.05) is 6.92 Å². The first-order valence-electron chi connectivity index (χ1n) is 8.96. The smallest absolute Gasteiger partial charge is 0.344 e. The molecule has 5 nitrogen and oxygen atoms in total. The van der Waals surface area contributed by atoms with Gasteiger partial charge >= 0.3 is 5.97 Å². The Morgan fingerprint density at radius 1 is 1.07 bits per heavy atom. The van der Waals surface area contributed by atoms with E-state index in [9.17, 15) is 9.59 Å². The molecule has 6 heteroatoms. The summed E-state index contributed by atoms with van der Waals surface area (Å²) in [7, 11) is 0. The van der Waals surface area contributed by atoms with Crippen LogP contribution in [0.15, 0.2) is 42.5 Å². The summed E-state index contributed by atoms with van der Waals surface area (Å²) in [6.45, 7) is 4.19. The lowest BCUT2D eigenvalue weighted by molar-refractivity contribution is -0.146. The molecule has 0 saturated heterocycles. The normalized spacial score (nSPS) is 10.3. The number of nitrogens with one attached hydrogen (secondary N) is 1. The summed E-state index contributed by atoms with van der Waals surface area (Å²) < 4.78 is 10.5. The van der Waals surface area contributed by atoms with Gasteiger partial charge in [-0.2, -0.15) is 0 Å². The maximum atomic E-state index is 12.4. The number of carbonyl (C=O) groups excluding carboxylic acids is 2. The fourth-order valence-electron chi connectivity index (χ4n) is 2.36. The molecule has 0 saturated carbocycles. The van der Waals surface area contributed by atoms with Gasteiger partial charge in [0.25, 0.3) is 5.91 Å². The van der Waals surface area contributed by atoms with Crippen LogP contribution in [0.25, 0.3) is 0 Å². The molecule has 2 aromatic rings. The Bertz CT molecular complexity index is 774. The van der Waals surface area contributed by atoms with Crippen LogP contribution in [0.3, 0.4) is 0 Å². The molecular weight excluding hydrogens is 366 g/mol. The van der Waals surface area contributed by atoms with Crippen LogP contribution in [0.2, 0.25) is 5.02 Å². The van der Waals surface area contributed by atoms with Crippen LogP contribution >= 0.6 is 11.6 Å². The summed E-state index contributed by atoms with van der Waals surface area (Å²) in [5.41, 5.74) is 1.95. The van der Waals surface area contributed by atoms with Crippen LogP contribution < -0.4 is 10.1 Å². The summed E-state index contributed by atoms with van der Waals surface area (Å²) in [4.78, 5) is 24.0. The molecular formula is C21H24ClNO4. The Balaban J connectivity index is 1.84. The van der Waals surface area contributed by atoms with Gasteiger partial charge in [0.2, 0.25) is 0 Å². The number of hydrogen-bond acceptors (Lipinski definition) is 4. The third kappa shape index (κ3) is 6.61. The Labute approximate surface area is 164 Å². The SMILES string of the molecule is CCCCCOC(=O)COc1ccc(C(=O)Nc2cccc(Cl)c2C)cc1. The molecule has 0 fully saturated rings. The summed E-state index contributed by atoms with van der Waals surface area (Å²) in [6.07, 6.45) is 2.97. The van der Waals surface area contributed by atoms with Gasteiger partial charge < -0.3 is 14.8 Å². The highest BCUT2D eigenvalue weighted by Crippen LogP contribution is 2.23. The van der Waals surface area contributed by atoms with Gasteiger partial charge in [0.05, 0.1) is 6.61 Å². The maximum absolute atomic E-state index is 12.4. The zero-order chi connectivity index (χ0) is 19.6. The Morgan fingerprint density at radius 2 is 1.81 bits per heavy atom. The van der Waals surface area contributed by atoms with Gasteiger partial charge in [0, 0.05) is 16.3 Å². The van der Waals surface area contributed by atoms with Gasteiger partial charge in [0.15, 0.2) is 6.61 Å². The highest BCUT2D eigenvalue weighted by molar-refractivity contribution is 6.31. The second kappa shape index (κ2) is 10.6. The molecule has 0 aliphatic rings. The fraction of sp³-hybridized carbons (Fsp3) is 0.333. The topological polar surface area (TPSA) is 64.6 Å². The zero-order valence-electron chi connectivity index (χ0n) is 15.6. The van der Waals surface area contributed by atoms with E-state index in [2.05, 4.69) is 12.2 Å². The second-order valence-electron chi connectivity index (χ2n) is 6.11. The quantitative estimate of drug-likeness (QED) is 0.483. The lowest BCUT2D eigenvalue weighted by atomic mass is 10.1. The third-order valence-corrected chi connectivity index (χ3v) is 4.41. The maximum Gasteiger partial charge on any atom is 0.344 e. The first-order chi connectivity index (χ1) is 13.0. The van der Waals surface area contributed by atoms with Gasteiger partial charge in [-0.05, 0) is 55.3 Å². The molecule has 0 radical (unpaired) electrons. The number of amides is 1. The van der Waals surface area contributed by atoms with Crippen molar-refractivity contribution in [3.05, 3.63) is 58.6 Å². The van der Waals surface area contributed by atoms with E-state index >= 15 is 0 Å². The van der Waals surface area contributed by atoms with Crippen molar-refractivity contribution in [2.24, 2.45) is 0 Å². The zero-order valence-corrected chi connectivity index (χ0v) is 16.3. The van der Waals surface area contributed by atoms with Gasteiger partial charge in [-0.3, -0.25) is 4.79 Å². The average Bonchev–Trinajstić information content (AvgIpc) is 2.67. The summed E-state index contributed by atoms with van der Waals surface area (Å²) in [6, 6.07) is 11.9. The van der Waals surface area contributed by atoms with Crippen molar-refractivity contribution in [2.75, 3.05) is 18.5 Å². The summed E-state index contributed by atoms with van der Waals surface area (Å²) >= 11 is 6.07. The number of hydrogen-bond donors (Lipinski definition) is 1. The minimum Gasteiger partial charge on any atom is -0.482 e. The molecule has 0 aliphatic carbocycles. The molecule has 0 heterocycles. The third-order valence-electron chi connectivity index (χ3n) is 4.00. The van der Waals surface area contributed by atoms with Crippen LogP contribution in [-0.4, -0.2) is 25.1 Å². The number of carbonyl (C=O) groups is 2. The van der Waals surface area contributed by atoms with E-state index in [0.29, 0.717) is 28.6 Å². The molecule has 1 N–H and O–H groups in total. The van der Waals surface area contributed by atoms with Crippen molar-refractivity contribution >= 4 is 29.2 Å². The monoisotopic (exact) mass is 389 g/mol. The van der Waals surface area contributed by atoms with E-state index in [4.69, 9.17) is 21.1 Å². The molecule has 0 atom stereocenters. The lowest BCUT2D eigenvalue weighted by Crippen LogP contribution is -2.16. The van der Waals surface area contributed by atoms with Crippen molar-refractivity contribution in [1.29, 1.82) is 0 Å². The van der Waals surface area contributed by atoms with E-state index in [-0.39, 0.29) is 12.5 Å². The molecule has 0 aromatic heterocycles. The number of esters is 1. The molecule has 0 spiro atoms. The van der Waals surface area contributed by atoms with Crippen molar-refractivity contribution in [1.82, 2.24) is 0 Å². The van der Waals surface area contributed by atoms with Gasteiger partial charge in [-0.1, -0.05) is 37.4 Å². The van der Waals surface area contributed by atoms with Gasteiger partial charge in [-0.15, -0.1) is 0 Å². The van der Waals surface area contributed by atoms with Gasteiger partial charge in [-0.25, -0.2) is 4.79 Å². The van der Waals surface area contributed by atoms with Crippen LogP contribution in [0.5, 0.6) is 5.75 Å². The summed E-state index contributed by atoms with van der Waals surface area (Å²) in [5.74, 6) is -0.150. The van der Waals surface area contributed by atoms with E-state index in [1.165, 1.54) is 0 Å². The summed E-state index contributed by atoms with van der Waals surface area (Å²) in [5, 5.41) is 3.43. The van der Waals surface area contributed by atoms with Crippen molar-refractivity contribution in [3.8, 4) is 5.75 Å². The molecule has 1 amide bonds. The molecule has 144 valence electrons. The molecule has 27 heavy (non-hydrogen) atoms. The first kappa shape index (κ1) is 20.8.